The minimum Gasteiger partial charge on any atom is -0.493 e. The number of amides is 1. The molecule has 37 heavy (non-hydrogen) atoms. The molecular weight excluding hydrogens is 529 g/mol. The van der Waals surface area contributed by atoms with Crippen molar-refractivity contribution >= 4 is 50.3 Å². The summed E-state index contributed by atoms with van der Waals surface area (Å²) in [5, 5.41) is 1.78. The van der Waals surface area contributed by atoms with Crippen LogP contribution in [0.2, 0.25) is 0 Å². The smallest absolute Gasteiger partial charge is 0.294 e. The van der Waals surface area contributed by atoms with Gasteiger partial charge in [-0.15, -0.1) is 22.3 Å². The maximum atomic E-state index is 13.1. The topological polar surface area (TPSA) is 85.3 Å². The van der Waals surface area contributed by atoms with Crippen molar-refractivity contribution in [2.45, 2.75) is 56.1 Å². The number of thioether (sulfide) groups is 1. The third-order valence-electron chi connectivity index (χ3n) is 5.64. The number of methoxy groups -OCH3 is 1. The van der Waals surface area contributed by atoms with E-state index in [2.05, 4.69) is 17.9 Å². The van der Waals surface area contributed by atoms with E-state index in [1.165, 1.54) is 49.1 Å². The fourth-order valence-electron chi connectivity index (χ4n) is 3.71. The second-order valence-electron chi connectivity index (χ2n) is 8.48. The Balaban J connectivity index is 1.73. The number of carbonyl (C=O) groups excluding carboxylic acids is 1. The highest BCUT2D eigenvalue weighted by atomic mass is 32.2. The molecule has 0 aliphatic carbocycles. The van der Waals surface area contributed by atoms with E-state index in [4.69, 9.17) is 9.47 Å². The van der Waals surface area contributed by atoms with Crippen LogP contribution in [0.1, 0.15) is 57.4 Å². The highest BCUT2D eigenvalue weighted by Crippen LogP contribution is 2.36. The van der Waals surface area contributed by atoms with Gasteiger partial charge in [0.2, 0.25) is 0 Å². The number of carbonyl (C=O) groups is 1. The first-order valence-electron chi connectivity index (χ1n) is 12.4. The number of rotatable bonds is 15. The summed E-state index contributed by atoms with van der Waals surface area (Å²) < 4.78 is 40.9. The minimum atomic E-state index is -3.92. The Kier molecular flexibility index (Phi) is 11.3. The Morgan fingerprint density at radius 1 is 1.08 bits per heavy atom. The van der Waals surface area contributed by atoms with Gasteiger partial charge in [0.1, 0.15) is 4.21 Å². The van der Waals surface area contributed by atoms with Crippen molar-refractivity contribution in [2.75, 3.05) is 20.3 Å². The SMILES string of the molecule is C=CCN1C(=O)/C(=C/c2ccc(OC)c(OCCCCCCCCC)c2)SC1=NS(=O)(=O)c1cccs1. The van der Waals surface area contributed by atoms with Gasteiger partial charge < -0.3 is 9.47 Å². The third kappa shape index (κ3) is 8.21. The molecule has 1 saturated heterocycles. The average molecular weight is 563 g/mol. The zero-order chi connectivity index (χ0) is 26.7. The highest BCUT2D eigenvalue weighted by molar-refractivity contribution is 8.19. The Hall–Kier alpha value is -2.56. The van der Waals surface area contributed by atoms with Crippen molar-refractivity contribution < 1.29 is 22.7 Å². The van der Waals surface area contributed by atoms with Crippen molar-refractivity contribution in [1.82, 2.24) is 4.90 Å². The van der Waals surface area contributed by atoms with Crippen LogP contribution < -0.4 is 9.47 Å². The number of thiophene rings is 1. The zero-order valence-electron chi connectivity index (χ0n) is 21.4. The summed E-state index contributed by atoms with van der Waals surface area (Å²) in [4.78, 5) is 14.8. The predicted octanol–water partition coefficient (Wildman–Crippen LogP) is 6.73. The Morgan fingerprint density at radius 3 is 2.51 bits per heavy atom. The summed E-state index contributed by atoms with van der Waals surface area (Å²) in [5.74, 6) is 0.898. The molecule has 0 atom stereocenters. The van der Waals surface area contributed by atoms with Gasteiger partial charge in [-0.1, -0.05) is 63.7 Å². The molecular formula is C27H34N2O5S3. The zero-order valence-corrected chi connectivity index (χ0v) is 23.8. The molecule has 7 nitrogen and oxygen atoms in total. The standard InChI is InChI=1S/C27H34N2O5S3/c1-4-6-7-8-9-10-11-17-34-23-19-21(14-15-22(23)33-3)20-24-26(30)29(16-5-2)27(36-24)28-37(31,32)25-13-12-18-35-25/h5,12-15,18-20H,2,4,6-11,16-17H2,1,3H3/b24-20-,28-27?. The van der Waals surface area contributed by atoms with E-state index in [0.717, 1.165) is 41.5 Å². The van der Waals surface area contributed by atoms with E-state index in [1.807, 2.05) is 12.1 Å². The molecule has 1 fully saturated rings. The lowest BCUT2D eigenvalue weighted by molar-refractivity contribution is -0.121. The van der Waals surface area contributed by atoms with Crippen molar-refractivity contribution in [1.29, 1.82) is 0 Å². The molecule has 1 amide bonds. The predicted molar refractivity (Wildman–Crippen MR) is 153 cm³/mol. The summed E-state index contributed by atoms with van der Waals surface area (Å²) in [7, 11) is -2.32. The van der Waals surface area contributed by atoms with E-state index in [9.17, 15) is 13.2 Å². The molecule has 0 N–H and O–H groups in total. The van der Waals surface area contributed by atoms with Gasteiger partial charge in [-0.25, -0.2) is 0 Å². The summed E-state index contributed by atoms with van der Waals surface area (Å²) in [5.41, 5.74) is 0.743. The third-order valence-corrected chi connectivity index (χ3v) is 9.40. The Morgan fingerprint density at radius 2 is 1.84 bits per heavy atom. The molecule has 0 bridgehead atoms. The minimum absolute atomic E-state index is 0.105. The van der Waals surface area contributed by atoms with E-state index in [1.54, 1.807) is 30.7 Å². The normalized spacial score (nSPS) is 16.1. The monoisotopic (exact) mass is 562 g/mol. The first-order chi connectivity index (χ1) is 17.9. The fraction of sp³-hybridized carbons (Fsp3) is 0.407. The lowest BCUT2D eigenvalue weighted by Gasteiger charge is -2.12. The van der Waals surface area contributed by atoms with E-state index >= 15 is 0 Å². The summed E-state index contributed by atoms with van der Waals surface area (Å²) in [6.45, 7) is 6.64. The summed E-state index contributed by atoms with van der Waals surface area (Å²) >= 11 is 2.11. The van der Waals surface area contributed by atoms with Crippen LogP contribution in [0.25, 0.3) is 6.08 Å². The van der Waals surface area contributed by atoms with Crippen LogP contribution in [-0.4, -0.2) is 44.7 Å². The number of benzene rings is 1. The number of nitrogens with zero attached hydrogens (tertiary/aromatic N) is 2. The number of ether oxygens (including phenoxy) is 2. The van der Waals surface area contributed by atoms with Gasteiger partial charge in [-0.05, 0) is 53.4 Å². The van der Waals surface area contributed by atoms with Crippen molar-refractivity contribution in [3.05, 3.63) is 58.8 Å². The number of amidine groups is 1. The van der Waals surface area contributed by atoms with Crippen molar-refractivity contribution in [3.8, 4) is 11.5 Å². The van der Waals surface area contributed by atoms with Gasteiger partial charge in [0.25, 0.3) is 15.9 Å². The molecule has 200 valence electrons. The van der Waals surface area contributed by atoms with Gasteiger partial charge in [-0.3, -0.25) is 9.69 Å². The molecule has 10 heteroatoms. The molecule has 1 aliphatic heterocycles. The van der Waals surface area contributed by atoms with Gasteiger partial charge in [0.05, 0.1) is 18.6 Å². The Bertz CT molecular complexity index is 1220. The molecule has 1 aliphatic rings. The highest BCUT2D eigenvalue weighted by Gasteiger charge is 2.34. The molecule has 0 radical (unpaired) electrons. The van der Waals surface area contributed by atoms with Crippen LogP contribution in [-0.2, 0) is 14.8 Å². The Labute approximate surface area is 228 Å². The molecule has 0 unspecified atom stereocenters. The maximum absolute atomic E-state index is 13.1. The number of sulfonamides is 1. The lowest BCUT2D eigenvalue weighted by Crippen LogP contribution is -2.29. The quantitative estimate of drug-likeness (QED) is 0.136. The average Bonchev–Trinajstić information content (AvgIpc) is 3.52. The van der Waals surface area contributed by atoms with Crippen LogP contribution in [0.5, 0.6) is 11.5 Å². The number of hydrogen-bond acceptors (Lipinski definition) is 7. The lowest BCUT2D eigenvalue weighted by atomic mass is 10.1. The van der Waals surface area contributed by atoms with Gasteiger partial charge in [0, 0.05) is 6.54 Å². The molecule has 2 heterocycles. The van der Waals surface area contributed by atoms with E-state index in [-0.39, 0.29) is 21.8 Å². The van der Waals surface area contributed by atoms with Crippen molar-refractivity contribution in [3.63, 3.8) is 0 Å². The van der Waals surface area contributed by atoms with Crippen molar-refractivity contribution in [2.24, 2.45) is 4.40 Å². The van der Waals surface area contributed by atoms with Crippen LogP contribution in [0, 0.1) is 0 Å². The molecule has 1 aromatic carbocycles. The number of unbranched alkanes of at least 4 members (excludes halogenated alkanes) is 6. The van der Waals surface area contributed by atoms with Gasteiger partial charge in [-0.2, -0.15) is 8.42 Å². The molecule has 1 aromatic heterocycles. The second-order valence-corrected chi connectivity index (χ2v) is 12.3. The van der Waals surface area contributed by atoms with E-state index < -0.39 is 10.0 Å². The maximum Gasteiger partial charge on any atom is 0.294 e. The first-order valence-corrected chi connectivity index (χ1v) is 15.5. The van der Waals surface area contributed by atoms with E-state index in [0.29, 0.717) is 23.0 Å². The fourth-order valence-corrected chi connectivity index (χ4v) is 6.87. The van der Waals surface area contributed by atoms with Crippen LogP contribution >= 0.6 is 23.1 Å². The van der Waals surface area contributed by atoms with Crippen LogP contribution in [0.3, 0.4) is 0 Å². The second kappa shape index (κ2) is 14.4. The van der Waals surface area contributed by atoms with Crippen LogP contribution in [0.15, 0.2) is 61.9 Å². The number of hydrogen-bond donors (Lipinski definition) is 0. The van der Waals surface area contributed by atoms with Gasteiger partial charge in [0.15, 0.2) is 16.7 Å². The van der Waals surface area contributed by atoms with Gasteiger partial charge >= 0.3 is 0 Å². The largest absolute Gasteiger partial charge is 0.493 e. The summed E-state index contributed by atoms with van der Waals surface area (Å²) in [6.07, 6.45) is 11.6. The molecule has 3 rings (SSSR count). The molecule has 2 aromatic rings. The van der Waals surface area contributed by atoms with Crippen LogP contribution in [0.4, 0.5) is 0 Å². The molecule has 0 saturated carbocycles. The summed E-state index contributed by atoms with van der Waals surface area (Å²) in [6, 6.07) is 8.60. The first kappa shape index (κ1) is 29.0. The molecule has 0 spiro atoms.